The number of primary amides is 1. The van der Waals surface area contributed by atoms with Gasteiger partial charge in [-0.05, 0) is 55.7 Å². The monoisotopic (exact) mass is 488 g/mol. The van der Waals surface area contributed by atoms with Crippen LogP contribution >= 0.6 is 11.3 Å². The second-order valence-electron chi connectivity index (χ2n) is 8.24. The van der Waals surface area contributed by atoms with E-state index in [1.807, 2.05) is 59.5 Å². The molecule has 1 fully saturated rings. The highest BCUT2D eigenvalue weighted by molar-refractivity contribution is 7.18. The Kier molecular flexibility index (Phi) is 7.68. The lowest BCUT2D eigenvalue weighted by atomic mass is 10.1. The molecule has 2 heterocycles. The molecule has 4 rings (SSSR count). The molecule has 0 unspecified atom stereocenters. The second-order valence-corrected chi connectivity index (χ2v) is 9.22. The molecule has 0 bridgehead atoms. The van der Waals surface area contributed by atoms with Gasteiger partial charge >= 0.3 is 0 Å². The van der Waals surface area contributed by atoms with Gasteiger partial charge in [-0.1, -0.05) is 48.8 Å². The molecule has 0 radical (unpaired) electrons. The largest absolute Gasteiger partial charge is 0.457 e. The number of piperazine rings is 1. The van der Waals surface area contributed by atoms with Crippen LogP contribution in [-0.2, 0) is 4.79 Å². The Labute approximate surface area is 209 Å². The van der Waals surface area contributed by atoms with E-state index in [4.69, 9.17) is 15.5 Å². The van der Waals surface area contributed by atoms with Gasteiger partial charge in [-0.3, -0.25) is 9.59 Å². The third kappa shape index (κ3) is 5.64. The smallest absolute Gasteiger partial charge is 0.298 e. The van der Waals surface area contributed by atoms with Crippen molar-refractivity contribution in [3.8, 4) is 34.6 Å². The van der Waals surface area contributed by atoms with E-state index in [-0.39, 0.29) is 11.9 Å². The van der Waals surface area contributed by atoms with Gasteiger partial charge in [0.15, 0.2) is 5.13 Å². The van der Waals surface area contributed by atoms with Gasteiger partial charge in [-0.25, -0.2) is 4.98 Å². The van der Waals surface area contributed by atoms with Crippen molar-refractivity contribution in [2.75, 3.05) is 24.5 Å². The molecule has 0 aliphatic carbocycles. The summed E-state index contributed by atoms with van der Waals surface area (Å²) in [4.78, 5) is 33.9. The highest BCUT2D eigenvalue weighted by atomic mass is 32.1. The molecule has 2 aromatic carbocycles. The summed E-state index contributed by atoms with van der Waals surface area (Å²) in [6, 6.07) is 17.0. The first-order valence-electron chi connectivity index (χ1n) is 11.6. The molecule has 1 aliphatic heterocycles. The van der Waals surface area contributed by atoms with Crippen LogP contribution in [0.3, 0.4) is 0 Å². The van der Waals surface area contributed by atoms with Crippen LogP contribution in [0.25, 0.3) is 11.3 Å². The number of rotatable bonds is 7. The molecule has 2 N–H and O–H groups in total. The Morgan fingerprint density at radius 1 is 1.11 bits per heavy atom. The fraction of sp³-hybridized carbons (Fsp3) is 0.296. The van der Waals surface area contributed by atoms with Gasteiger partial charge < -0.3 is 20.3 Å². The Morgan fingerprint density at radius 3 is 2.49 bits per heavy atom. The maximum Gasteiger partial charge on any atom is 0.298 e. The van der Waals surface area contributed by atoms with E-state index in [9.17, 15) is 9.59 Å². The minimum atomic E-state index is -0.509. The van der Waals surface area contributed by atoms with Crippen LogP contribution in [0.1, 0.15) is 36.4 Å². The molecule has 35 heavy (non-hydrogen) atoms. The van der Waals surface area contributed by atoms with Crippen molar-refractivity contribution in [1.29, 1.82) is 0 Å². The summed E-state index contributed by atoms with van der Waals surface area (Å²) < 4.78 is 5.87. The van der Waals surface area contributed by atoms with Crippen molar-refractivity contribution in [3.05, 3.63) is 59.5 Å². The SMILES string of the molecule is CC#CC(=O)N1CCN(c2nc(-c3ccc(Oc4ccccc4)cc3)c(C(N)=O)s2)C[C@H]1CCC. The number of aromatic nitrogens is 1. The number of hydrogen-bond donors (Lipinski definition) is 1. The third-order valence-electron chi connectivity index (χ3n) is 5.81. The Morgan fingerprint density at radius 2 is 1.83 bits per heavy atom. The number of para-hydroxylation sites is 1. The van der Waals surface area contributed by atoms with Gasteiger partial charge in [0.2, 0.25) is 0 Å². The summed E-state index contributed by atoms with van der Waals surface area (Å²) >= 11 is 1.29. The number of ether oxygens (including phenoxy) is 1. The van der Waals surface area contributed by atoms with E-state index in [0.717, 1.165) is 29.3 Å². The van der Waals surface area contributed by atoms with E-state index >= 15 is 0 Å². The number of benzene rings is 2. The molecule has 7 nitrogen and oxygen atoms in total. The number of nitrogens with zero attached hydrogens (tertiary/aromatic N) is 3. The summed E-state index contributed by atoms with van der Waals surface area (Å²) in [5, 5.41) is 0.730. The summed E-state index contributed by atoms with van der Waals surface area (Å²) in [7, 11) is 0. The van der Waals surface area contributed by atoms with Crippen molar-refractivity contribution < 1.29 is 14.3 Å². The van der Waals surface area contributed by atoms with Crippen LogP contribution in [0.2, 0.25) is 0 Å². The van der Waals surface area contributed by atoms with Gasteiger partial charge in [0.25, 0.3) is 11.8 Å². The minimum Gasteiger partial charge on any atom is -0.457 e. The second kappa shape index (κ2) is 11.1. The van der Waals surface area contributed by atoms with Gasteiger partial charge in [0.05, 0.1) is 11.7 Å². The maximum absolute atomic E-state index is 12.5. The van der Waals surface area contributed by atoms with Gasteiger partial charge in [-0.2, -0.15) is 0 Å². The molecule has 8 heteroatoms. The normalized spacial score (nSPS) is 15.3. The first-order chi connectivity index (χ1) is 17.0. The zero-order valence-corrected chi connectivity index (χ0v) is 20.7. The summed E-state index contributed by atoms with van der Waals surface area (Å²) in [6.07, 6.45) is 1.83. The quantitative estimate of drug-likeness (QED) is 0.493. The maximum atomic E-state index is 12.5. The number of amides is 2. The molecule has 3 aromatic rings. The zero-order valence-electron chi connectivity index (χ0n) is 19.9. The highest BCUT2D eigenvalue weighted by Crippen LogP contribution is 2.35. The third-order valence-corrected chi connectivity index (χ3v) is 6.94. The van der Waals surface area contributed by atoms with Crippen LogP contribution in [0, 0.1) is 11.8 Å². The Balaban J connectivity index is 1.56. The van der Waals surface area contributed by atoms with Crippen molar-refractivity contribution in [2.24, 2.45) is 5.73 Å². The molecule has 1 aromatic heterocycles. The van der Waals surface area contributed by atoms with Crippen LogP contribution in [-0.4, -0.2) is 47.4 Å². The van der Waals surface area contributed by atoms with E-state index in [1.54, 1.807) is 6.92 Å². The molecule has 2 amide bonds. The van der Waals surface area contributed by atoms with E-state index in [1.165, 1.54) is 11.3 Å². The first kappa shape index (κ1) is 24.3. The van der Waals surface area contributed by atoms with Crippen LogP contribution < -0.4 is 15.4 Å². The van der Waals surface area contributed by atoms with Crippen LogP contribution in [0.5, 0.6) is 11.5 Å². The predicted molar refractivity (Wildman–Crippen MR) is 139 cm³/mol. The fourth-order valence-corrected chi connectivity index (χ4v) is 5.14. The average molecular weight is 489 g/mol. The number of carbonyl (C=O) groups is 2. The highest BCUT2D eigenvalue weighted by Gasteiger charge is 2.31. The van der Waals surface area contributed by atoms with Crippen molar-refractivity contribution in [3.63, 3.8) is 0 Å². The minimum absolute atomic E-state index is 0.0425. The number of anilines is 1. The van der Waals surface area contributed by atoms with Gasteiger partial charge in [0, 0.05) is 25.2 Å². The fourth-order valence-electron chi connectivity index (χ4n) is 4.17. The Hall–Kier alpha value is -3.83. The molecular formula is C27H28N4O3S. The van der Waals surface area contributed by atoms with Gasteiger partial charge in [-0.15, -0.1) is 0 Å². The molecular weight excluding hydrogens is 460 g/mol. The first-order valence-corrected chi connectivity index (χ1v) is 12.4. The molecule has 0 spiro atoms. The number of carbonyl (C=O) groups excluding carboxylic acids is 2. The van der Waals surface area contributed by atoms with Crippen molar-refractivity contribution in [1.82, 2.24) is 9.88 Å². The summed E-state index contributed by atoms with van der Waals surface area (Å²) in [5.74, 6) is 6.16. The average Bonchev–Trinajstić information content (AvgIpc) is 3.31. The molecule has 1 saturated heterocycles. The standard InChI is InChI=1S/C27H28N4O3S/c1-3-8-20-18-30(16-17-31(20)23(32)9-4-2)27-29-24(25(35-27)26(28)33)19-12-14-22(15-13-19)34-21-10-6-5-7-11-21/h5-7,10-15,20H,3,8,16-18H2,1-2H3,(H2,28,33)/t20-/m1/s1. The van der Waals surface area contributed by atoms with E-state index in [0.29, 0.717) is 36.0 Å². The molecule has 180 valence electrons. The number of hydrogen-bond acceptors (Lipinski definition) is 6. The van der Waals surface area contributed by atoms with E-state index < -0.39 is 5.91 Å². The Bertz CT molecular complexity index is 1240. The van der Waals surface area contributed by atoms with E-state index in [2.05, 4.69) is 23.7 Å². The van der Waals surface area contributed by atoms with Crippen molar-refractivity contribution in [2.45, 2.75) is 32.7 Å². The number of thiazole rings is 1. The molecule has 1 atom stereocenters. The summed E-state index contributed by atoms with van der Waals surface area (Å²) in [6.45, 7) is 5.59. The predicted octanol–water partition coefficient (Wildman–Crippen LogP) is 4.54. The lowest BCUT2D eigenvalue weighted by Crippen LogP contribution is -2.55. The lowest BCUT2D eigenvalue weighted by Gasteiger charge is -2.40. The zero-order chi connectivity index (χ0) is 24.8. The summed E-state index contributed by atoms with van der Waals surface area (Å²) in [5.41, 5.74) is 7.07. The van der Waals surface area contributed by atoms with Gasteiger partial charge in [0.1, 0.15) is 16.4 Å². The van der Waals surface area contributed by atoms with Crippen LogP contribution in [0.4, 0.5) is 5.13 Å². The lowest BCUT2D eigenvalue weighted by molar-refractivity contribution is -0.127. The topological polar surface area (TPSA) is 88.8 Å². The van der Waals surface area contributed by atoms with Crippen LogP contribution in [0.15, 0.2) is 54.6 Å². The molecule has 0 saturated carbocycles. The number of nitrogens with two attached hydrogens (primary N) is 1. The molecule has 1 aliphatic rings. The van der Waals surface area contributed by atoms with Crippen molar-refractivity contribution >= 4 is 28.3 Å².